The fourth-order valence-corrected chi connectivity index (χ4v) is 6.05. The van der Waals surface area contributed by atoms with E-state index in [1.54, 1.807) is 10.9 Å². The average molecular weight is 369 g/mol. The third-order valence-corrected chi connectivity index (χ3v) is 6.85. The molecule has 0 aromatic carbocycles. The number of imidazole rings is 1. The van der Waals surface area contributed by atoms with Crippen molar-refractivity contribution in [2.75, 3.05) is 11.9 Å². The number of carbonyl (C=O) groups is 1. The van der Waals surface area contributed by atoms with Gasteiger partial charge in [0.15, 0.2) is 0 Å². The molecule has 144 valence electrons. The molecular formula is C20H27N5O2. The van der Waals surface area contributed by atoms with Crippen molar-refractivity contribution in [1.29, 1.82) is 0 Å². The van der Waals surface area contributed by atoms with E-state index in [0.29, 0.717) is 12.6 Å². The van der Waals surface area contributed by atoms with Crippen LogP contribution in [0.2, 0.25) is 0 Å². The molecule has 0 radical (unpaired) electrons. The van der Waals surface area contributed by atoms with Gasteiger partial charge in [-0.25, -0.2) is 4.98 Å². The zero-order valence-electron chi connectivity index (χ0n) is 15.8. The molecule has 7 nitrogen and oxygen atoms in total. The van der Waals surface area contributed by atoms with Crippen molar-refractivity contribution in [3.63, 3.8) is 0 Å². The normalized spacial score (nSPS) is 31.4. The fraction of sp³-hybridized carbons (Fsp3) is 0.650. The van der Waals surface area contributed by atoms with E-state index < -0.39 is 0 Å². The molecule has 0 atom stereocenters. The van der Waals surface area contributed by atoms with Crippen LogP contribution in [0.15, 0.2) is 18.5 Å². The fourth-order valence-electron chi connectivity index (χ4n) is 6.05. The number of aromatic nitrogens is 4. The van der Waals surface area contributed by atoms with Crippen molar-refractivity contribution in [1.82, 2.24) is 19.7 Å². The third-order valence-electron chi connectivity index (χ3n) is 6.85. The van der Waals surface area contributed by atoms with Gasteiger partial charge in [0.1, 0.15) is 6.61 Å². The number of H-pyrrole nitrogens is 1. The summed E-state index contributed by atoms with van der Waals surface area (Å²) in [4.78, 5) is 20.0. The van der Waals surface area contributed by atoms with E-state index in [9.17, 15) is 4.79 Å². The lowest BCUT2D eigenvalue weighted by Gasteiger charge is -2.56. The van der Waals surface area contributed by atoms with E-state index in [0.717, 1.165) is 23.4 Å². The molecular weight excluding hydrogens is 342 g/mol. The third kappa shape index (κ3) is 3.18. The van der Waals surface area contributed by atoms with E-state index in [4.69, 9.17) is 4.74 Å². The highest BCUT2D eigenvalue weighted by Gasteiger charge is 2.52. The molecule has 2 N–H and O–H groups in total. The molecule has 0 aliphatic heterocycles. The lowest BCUT2D eigenvalue weighted by Crippen LogP contribution is -2.48. The summed E-state index contributed by atoms with van der Waals surface area (Å²) in [6.45, 7) is 0.360. The Balaban J connectivity index is 1.19. The first-order chi connectivity index (χ1) is 13.1. The maximum atomic E-state index is 12.2. The molecule has 0 spiro atoms. The minimum atomic E-state index is -0.191. The van der Waals surface area contributed by atoms with E-state index >= 15 is 0 Å². The Morgan fingerprint density at radius 2 is 2.00 bits per heavy atom. The van der Waals surface area contributed by atoms with Crippen LogP contribution in [0.1, 0.15) is 49.9 Å². The Hall–Kier alpha value is -2.15. The first-order valence-electron chi connectivity index (χ1n) is 9.99. The average Bonchev–Trinajstić information content (AvgIpc) is 3.24. The highest BCUT2D eigenvalue weighted by atomic mass is 16.5. The molecule has 4 bridgehead atoms. The molecule has 6 rings (SSSR count). The predicted molar refractivity (Wildman–Crippen MR) is 99.9 cm³/mol. The summed E-state index contributed by atoms with van der Waals surface area (Å²) in [5.74, 6) is 3.01. The summed E-state index contributed by atoms with van der Waals surface area (Å²) in [7, 11) is 1.85. The van der Waals surface area contributed by atoms with Gasteiger partial charge in [-0.15, -0.1) is 0 Å². The first kappa shape index (κ1) is 17.0. The van der Waals surface area contributed by atoms with Crippen molar-refractivity contribution in [2.24, 2.45) is 24.8 Å². The van der Waals surface area contributed by atoms with Gasteiger partial charge in [0, 0.05) is 24.4 Å². The maximum Gasteiger partial charge on any atom is 0.252 e. The number of rotatable bonds is 6. The number of hydrogen-bond donors (Lipinski definition) is 2. The van der Waals surface area contributed by atoms with Gasteiger partial charge in [0.2, 0.25) is 5.95 Å². The van der Waals surface area contributed by atoms with Crippen LogP contribution in [0, 0.1) is 17.8 Å². The molecule has 2 aromatic rings. The minimum Gasteiger partial charge on any atom is -0.365 e. The summed E-state index contributed by atoms with van der Waals surface area (Å²) < 4.78 is 7.22. The van der Waals surface area contributed by atoms with E-state index in [1.807, 2.05) is 19.3 Å². The Morgan fingerprint density at radius 3 is 2.63 bits per heavy atom. The van der Waals surface area contributed by atoms with E-state index in [1.165, 1.54) is 44.2 Å². The van der Waals surface area contributed by atoms with Crippen LogP contribution in [0.4, 0.5) is 5.95 Å². The molecule has 2 aromatic heterocycles. The van der Waals surface area contributed by atoms with Crippen LogP contribution < -0.4 is 5.32 Å². The number of anilines is 1. The van der Waals surface area contributed by atoms with Gasteiger partial charge < -0.3 is 9.72 Å². The Morgan fingerprint density at radius 1 is 1.30 bits per heavy atom. The monoisotopic (exact) mass is 369 g/mol. The van der Waals surface area contributed by atoms with Gasteiger partial charge in [0.25, 0.3) is 5.91 Å². The summed E-state index contributed by atoms with van der Waals surface area (Å²) in [6, 6.07) is 1.88. The molecule has 0 unspecified atom stereocenters. The Bertz CT molecular complexity index is 804. The van der Waals surface area contributed by atoms with Crippen molar-refractivity contribution in [3.8, 4) is 0 Å². The predicted octanol–water partition coefficient (Wildman–Crippen LogP) is 2.77. The van der Waals surface area contributed by atoms with Crippen LogP contribution in [0.5, 0.6) is 0 Å². The molecule has 4 aliphatic carbocycles. The van der Waals surface area contributed by atoms with Gasteiger partial charge in [-0.3, -0.25) is 14.8 Å². The van der Waals surface area contributed by atoms with Crippen LogP contribution >= 0.6 is 0 Å². The number of nitrogens with one attached hydrogen (secondary N) is 2. The second-order valence-electron chi connectivity index (χ2n) is 8.83. The lowest BCUT2D eigenvalue weighted by atomic mass is 9.49. The van der Waals surface area contributed by atoms with Crippen molar-refractivity contribution in [3.05, 3.63) is 29.8 Å². The quantitative estimate of drug-likeness (QED) is 0.820. The van der Waals surface area contributed by atoms with Gasteiger partial charge in [-0.05, 0) is 62.3 Å². The number of nitrogens with zero attached hydrogens (tertiary/aromatic N) is 3. The van der Waals surface area contributed by atoms with Crippen LogP contribution in [-0.4, -0.2) is 32.3 Å². The molecule has 2 heterocycles. The molecule has 27 heavy (non-hydrogen) atoms. The number of amides is 1. The number of hydrogen-bond acceptors (Lipinski definition) is 4. The van der Waals surface area contributed by atoms with Crippen molar-refractivity contribution in [2.45, 2.75) is 50.5 Å². The summed E-state index contributed by atoms with van der Waals surface area (Å²) >= 11 is 0. The smallest absolute Gasteiger partial charge is 0.252 e. The summed E-state index contributed by atoms with van der Waals surface area (Å²) in [6.07, 6.45) is 11.8. The van der Waals surface area contributed by atoms with Crippen molar-refractivity contribution >= 4 is 11.9 Å². The standard InChI is InChI=1S/C20H27N5O2/c1-25-16(2-3-22-25)11-27-12-18(26)24-19-21-10-17(23-19)20-7-13-4-14(8-20)6-15(5-13)9-20/h2-3,10,13-15H,4-9,11-12H2,1H3,(H2,21,23,24,26). The zero-order valence-corrected chi connectivity index (χ0v) is 15.8. The number of aromatic amines is 1. The van der Waals surface area contributed by atoms with Crippen LogP contribution in [-0.2, 0) is 28.6 Å². The van der Waals surface area contributed by atoms with E-state index in [2.05, 4.69) is 20.4 Å². The molecule has 4 fully saturated rings. The SMILES string of the molecule is Cn1nccc1COCC(=O)Nc1ncc(C23CC4CC(CC(C4)C2)C3)[nH]1. The second-order valence-corrected chi connectivity index (χ2v) is 8.83. The van der Waals surface area contributed by atoms with E-state index in [-0.39, 0.29) is 17.9 Å². The first-order valence-corrected chi connectivity index (χ1v) is 9.99. The highest BCUT2D eigenvalue weighted by Crippen LogP contribution is 2.60. The van der Waals surface area contributed by atoms with Crippen molar-refractivity contribution < 1.29 is 9.53 Å². The highest BCUT2D eigenvalue weighted by molar-refractivity contribution is 5.90. The number of ether oxygens (including phenoxy) is 1. The van der Waals surface area contributed by atoms with Gasteiger partial charge >= 0.3 is 0 Å². The molecule has 1 amide bonds. The van der Waals surface area contributed by atoms with Gasteiger partial charge in [-0.1, -0.05) is 0 Å². The number of aryl methyl sites for hydroxylation is 1. The second kappa shape index (κ2) is 6.48. The van der Waals surface area contributed by atoms with Crippen LogP contribution in [0.25, 0.3) is 0 Å². The topological polar surface area (TPSA) is 84.8 Å². The maximum absolute atomic E-state index is 12.2. The Kier molecular flexibility index (Phi) is 4.07. The van der Waals surface area contributed by atoms with Gasteiger partial charge in [0.05, 0.1) is 18.5 Å². The van der Waals surface area contributed by atoms with Gasteiger partial charge in [-0.2, -0.15) is 5.10 Å². The summed E-state index contributed by atoms with van der Waals surface area (Å²) in [5, 5.41) is 6.92. The molecule has 4 aliphatic rings. The summed E-state index contributed by atoms with van der Waals surface area (Å²) in [5.41, 5.74) is 2.42. The molecule has 4 saturated carbocycles. The largest absolute Gasteiger partial charge is 0.365 e. The van der Waals surface area contributed by atoms with Crippen LogP contribution in [0.3, 0.4) is 0 Å². The Labute approximate surface area is 158 Å². The number of carbonyl (C=O) groups excluding carboxylic acids is 1. The minimum absolute atomic E-state index is 0.00141. The lowest BCUT2D eigenvalue weighted by molar-refractivity contribution is -0.121. The zero-order chi connectivity index (χ0) is 18.4. The molecule has 7 heteroatoms. The molecule has 0 saturated heterocycles.